The van der Waals surface area contributed by atoms with Crippen LogP contribution in [0.2, 0.25) is 0 Å². The van der Waals surface area contributed by atoms with Crippen LogP contribution in [0.5, 0.6) is 0 Å². The molecule has 0 saturated carbocycles. The smallest absolute Gasteiger partial charge is 0.0537 e. The van der Waals surface area contributed by atoms with Crippen molar-refractivity contribution in [3.8, 4) is 0 Å². The molecule has 39 heavy (non-hydrogen) atoms. The minimum absolute atomic E-state index is 0.0593. The van der Waals surface area contributed by atoms with E-state index in [1.165, 1.54) is 186 Å². The first-order valence-electron chi connectivity index (χ1n) is 18.3. The summed E-state index contributed by atoms with van der Waals surface area (Å²) in [7, 11) is 0. The van der Waals surface area contributed by atoms with Crippen molar-refractivity contribution in [1.82, 2.24) is 0 Å². The summed E-state index contributed by atoms with van der Waals surface area (Å²) in [6.45, 7) is 4.37. The van der Waals surface area contributed by atoms with Crippen molar-refractivity contribution in [2.45, 2.75) is 219 Å². The Morgan fingerprint density at radius 2 is 0.615 bits per heavy atom. The van der Waals surface area contributed by atoms with Crippen LogP contribution in [0, 0.1) is 0 Å². The van der Waals surface area contributed by atoms with Crippen LogP contribution in [0.3, 0.4) is 0 Å². The Labute approximate surface area is 248 Å². The SMILES string of the molecule is CCCCCCCCCCCCCC/C=C/CCCCC/C=C/CCCCCCCCCCCCC(O)CC. The maximum absolute atomic E-state index is 9.57. The number of unbranched alkanes of at least 4 members (excludes halogenated alkanes) is 26. The molecule has 1 unspecified atom stereocenters. The molecule has 1 heteroatoms. The zero-order valence-corrected chi connectivity index (χ0v) is 27.3. The molecule has 0 aliphatic heterocycles. The first-order chi connectivity index (χ1) is 19.3. The number of rotatable bonds is 33. The van der Waals surface area contributed by atoms with E-state index in [4.69, 9.17) is 0 Å². The van der Waals surface area contributed by atoms with Gasteiger partial charge in [0.15, 0.2) is 0 Å². The Balaban J connectivity index is 3.16. The summed E-state index contributed by atoms with van der Waals surface area (Å²) in [5, 5.41) is 9.57. The standard InChI is InChI=1S/C38H74O/c1-3-5-6-7-8-9-10-11-12-13-14-15-16-17-18-19-20-21-22-23-24-25-26-27-28-29-30-31-32-33-34-35-36-37-38(39)4-2/h17-18,24-25,38-39H,3-16,19-23,26-37H2,1-2H3/b18-17+,25-24+. The second kappa shape index (κ2) is 35.5. The molecule has 232 valence electrons. The normalized spacial score (nSPS) is 12.8. The van der Waals surface area contributed by atoms with Crippen molar-refractivity contribution < 1.29 is 5.11 Å². The Kier molecular flexibility index (Phi) is 35.0. The summed E-state index contributed by atoms with van der Waals surface area (Å²) in [5.74, 6) is 0. The molecule has 0 aliphatic rings. The highest BCUT2D eigenvalue weighted by atomic mass is 16.3. The molecule has 0 aromatic heterocycles. The van der Waals surface area contributed by atoms with Crippen molar-refractivity contribution in [2.75, 3.05) is 0 Å². The van der Waals surface area contributed by atoms with E-state index in [0.29, 0.717) is 0 Å². The van der Waals surface area contributed by atoms with Gasteiger partial charge in [0.1, 0.15) is 0 Å². The maximum atomic E-state index is 9.57. The van der Waals surface area contributed by atoms with E-state index >= 15 is 0 Å². The fraction of sp³-hybridized carbons (Fsp3) is 0.895. The van der Waals surface area contributed by atoms with Crippen LogP contribution >= 0.6 is 0 Å². The molecule has 0 fully saturated rings. The average molecular weight is 547 g/mol. The minimum atomic E-state index is -0.0593. The molecule has 1 atom stereocenters. The molecular weight excluding hydrogens is 472 g/mol. The van der Waals surface area contributed by atoms with Crippen LogP contribution in [0.4, 0.5) is 0 Å². The van der Waals surface area contributed by atoms with Crippen molar-refractivity contribution in [2.24, 2.45) is 0 Å². The molecule has 0 aliphatic carbocycles. The maximum Gasteiger partial charge on any atom is 0.0537 e. The first-order valence-corrected chi connectivity index (χ1v) is 18.3. The lowest BCUT2D eigenvalue weighted by molar-refractivity contribution is 0.156. The number of hydrogen-bond donors (Lipinski definition) is 1. The lowest BCUT2D eigenvalue weighted by atomic mass is 10.0. The third kappa shape index (κ3) is 35.4. The molecule has 0 bridgehead atoms. The highest BCUT2D eigenvalue weighted by Gasteiger charge is 1.99. The quantitative estimate of drug-likeness (QED) is 0.0641. The molecule has 0 radical (unpaired) electrons. The Morgan fingerprint density at radius 3 is 0.923 bits per heavy atom. The van der Waals surface area contributed by atoms with E-state index in [0.717, 1.165) is 12.8 Å². The number of allylic oxidation sites excluding steroid dienone is 4. The van der Waals surface area contributed by atoms with Gasteiger partial charge in [-0.25, -0.2) is 0 Å². The van der Waals surface area contributed by atoms with Crippen molar-refractivity contribution in [3.63, 3.8) is 0 Å². The van der Waals surface area contributed by atoms with Gasteiger partial charge >= 0.3 is 0 Å². The van der Waals surface area contributed by atoms with Crippen LogP contribution < -0.4 is 0 Å². The summed E-state index contributed by atoms with van der Waals surface area (Å²) in [6, 6.07) is 0. The predicted octanol–water partition coefficient (Wildman–Crippen LogP) is 13.6. The lowest BCUT2D eigenvalue weighted by Crippen LogP contribution is -2.03. The molecule has 0 amide bonds. The highest BCUT2D eigenvalue weighted by molar-refractivity contribution is 4.83. The number of aliphatic hydroxyl groups is 1. The predicted molar refractivity (Wildman–Crippen MR) is 179 cm³/mol. The van der Waals surface area contributed by atoms with Crippen LogP contribution in [-0.4, -0.2) is 11.2 Å². The van der Waals surface area contributed by atoms with Crippen LogP contribution in [-0.2, 0) is 0 Å². The summed E-state index contributed by atoms with van der Waals surface area (Å²) in [5.41, 5.74) is 0. The fourth-order valence-electron chi connectivity index (χ4n) is 5.54. The number of aliphatic hydroxyl groups excluding tert-OH is 1. The van der Waals surface area contributed by atoms with E-state index < -0.39 is 0 Å². The van der Waals surface area contributed by atoms with E-state index in [2.05, 4.69) is 38.2 Å². The summed E-state index contributed by atoms with van der Waals surface area (Å²) >= 11 is 0. The molecule has 0 saturated heterocycles. The molecule has 0 spiro atoms. The molecular formula is C38H74O. The molecule has 1 N–H and O–H groups in total. The largest absolute Gasteiger partial charge is 0.393 e. The van der Waals surface area contributed by atoms with Gasteiger partial charge in [0, 0.05) is 0 Å². The molecule has 0 heterocycles. The first kappa shape index (κ1) is 38.4. The monoisotopic (exact) mass is 547 g/mol. The van der Waals surface area contributed by atoms with Crippen molar-refractivity contribution in [1.29, 1.82) is 0 Å². The molecule has 0 rings (SSSR count). The molecule has 1 nitrogen and oxygen atoms in total. The molecule has 0 aromatic carbocycles. The third-order valence-corrected chi connectivity index (χ3v) is 8.43. The van der Waals surface area contributed by atoms with Gasteiger partial charge in [-0.15, -0.1) is 0 Å². The zero-order valence-electron chi connectivity index (χ0n) is 27.3. The van der Waals surface area contributed by atoms with Crippen molar-refractivity contribution in [3.05, 3.63) is 24.3 Å². The van der Waals surface area contributed by atoms with Gasteiger partial charge < -0.3 is 5.11 Å². The topological polar surface area (TPSA) is 20.2 Å². The Bertz CT molecular complexity index is 479. The second-order valence-corrected chi connectivity index (χ2v) is 12.4. The van der Waals surface area contributed by atoms with Gasteiger partial charge in [-0.05, 0) is 64.2 Å². The van der Waals surface area contributed by atoms with Crippen molar-refractivity contribution >= 4 is 0 Å². The van der Waals surface area contributed by atoms with Gasteiger partial charge in [-0.1, -0.05) is 173 Å². The Hall–Kier alpha value is -0.560. The van der Waals surface area contributed by atoms with Gasteiger partial charge in [-0.2, -0.15) is 0 Å². The van der Waals surface area contributed by atoms with E-state index in [9.17, 15) is 5.11 Å². The molecule has 0 aromatic rings. The van der Waals surface area contributed by atoms with Gasteiger partial charge in [0.2, 0.25) is 0 Å². The van der Waals surface area contributed by atoms with Gasteiger partial charge in [0.05, 0.1) is 6.10 Å². The highest BCUT2D eigenvalue weighted by Crippen LogP contribution is 2.15. The fourth-order valence-corrected chi connectivity index (χ4v) is 5.54. The number of hydrogen-bond acceptors (Lipinski definition) is 1. The summed E-state index contributed by atoms with van der Waals surface area (Å²) in [4.78, 5) is 0. The zero-order chi connectivity index (χ0) is 28.3. The lowest BCUT2D eigenvalue weighted by Gasteiger charge is -2.06. The summed E-state index contributed by atoms with van der Waals surface area (Å²) < 4.78 is 0. The van der Waals surface area contributed by atoms with E-state index in [1.54, 1.807) is 0 Å². The van der Waals surface area contributed by atoms with Crippen LogP contribution in [0.25, 0.3) is 0 Å². The summed E-state index contributed by atoms with van der Waals surface area (Å²) in [6.07, 6.45) is 51.9. The minimum Gasteiger partial charge on any atom is -0.393 e. The second-order valence-electron chi connectivity index (χ2n) is 12.4. The third-order valence-electron chi connectivity index (χ3n) is 8.43. The van der Waals surface area contributed by atoms with E-state index in [1.807, 2.05) is 0 Å². The Morgan fingerprint density at radius 1 is 0.359 bits per heavy atom. The van der Waals surface area contributed by atoms with Crippen LogP contribution in [0.1, 0.15) is 213 Å². The average Bonchev–Trinajstić information content (AvgIpc) is 2.95. The van der Waals surface area contributed by atoms with Crippen LogP contribution in [0.15, 0.2) is 24.3 Å². The van der Waals surface area contributed by atoms with Gasteiger partial charge in [-0.3, -0.25) is 0 Å². The van der Waals surface area contributed by atoms with Gasteiger partial charge in [0.25, 0.3) is 0 Å². The van der Waals surface area contributed by atoms with E-state index in [-0.39, 0.29) is 6.10 Å².